The minimum atomic E-state index is 0. The predicted molar refractivity (Wildman–Crippen MR) is 71.6 cm³/mol. The molecule has 0 fully saturated rings. The van der Waals surface area contributed by atoms with Crippen LogP contribution in [-0.2, 0) is 0 Å². The highest BCUT2D eigenvalue weighted by molar-refractivity contribution is 7.18. The second-order valence-corrected chi connectivity index (χ2v) is 4.22. The molecule has 0 radical (unpaired) electrons. The van der Waals surface area contributed by atoms with E-state index < -0.39 is 0 Å². The van der Waals surface area contributed by atoms with E-state index in [1.807, 2.05) is 18.2 Å². The standard InChI is InChI=1S/C10H12N2S.2ClH/c1-7(6-11)10-12-8-4-2-3-5-9(8)13-10;;/h2-5,7H,6,11H2,1H3;2*1H. The average molecular weight is 265 g/mol. The van der Waals surface area contributed by atoms with Gasteiger partial charge in [-0.15, -0.1) is 36.2 Å². The first-order valence-electron chi connectivity index (χ1n) is 4.37. The summed E-state index contributed by atoms with van der Waals surface area (Å²) in [6.45, 7) is 2.78. The first-order chi connectivity index (χ1) is 6.31. The molecule has 1 atom stereocenters. The smallest absolute Gasteiger partial charge is 0.0979 e. The van der Waals surface area contributed by atoms with Gasteiger partial charge in [-0.3, -0.25) is 0 Å². The normalized spacial score (nSPS) is 11.6. The van der Waals surface area contributed by atoms with Gasteiger partial charge in [0.25, 0.3) is 0 Å². The Labute approximate surface area is 106 Å². The molecule has 0 saturated heterocycles. The Bertz CT molecular complexity index is 383. The van der Waals surface area contributed by atoms with Gasteiger partial charge in [0.05, 0.1) is 15.2 Å². The number of hydrogen-bond donors (Lipinski definition) is 1. The first-order valence-corrected chi connectivity index (χ1v) is 5.18. The Balaban J connectivity index is 0.000000980. The lowest BCUT2D eigenvalue weighted by atomic mass is 10.2. The molecular weight excluding hydrogens is 251 g/mol. The molecule has 0 saturated carbocycles. The SMILES string of the molecule is CC(CN)c1nc2ccccc2s1.Cl.Cl. The zero-order valence-corrected chi connectivity index (χ0v) is 10.8. The average Bonchev–Trinajstić information content (AvgIpc) is 2.59. The number of halogens is 2. The predicted octanol–water partition coefficient (Wildman–Crippen LogP) is 3.20. The highest BCUT2D eigenvalue weighted by Gasteiger charge is 2.08. The van der Waals surface area contributed by atoms with E-state index in [-0.39, 0.29) is 24.8 Å². The van der Waals surface area contributed by atoms with Gasteiger partial charge in [-0.2, -0.15) is 0 Å². The van der Waals surface area contributed by atoms with Crippen LogP contribution in [0, 0.1) is 0 Å². The molecule has 1 heterocycles. The molecular formula is C10H14Cl2N2S. The van der Waals surface area contributed by atoms with Crippen molar-refractivity contribution in [1.82, 2.24) is 4.98 Å². The van der Waals surface area contributed by atoms with Crippen molar-refractivity contribution in [2.24, 2.45) is 5.73 Å². The molecule has 15 heavy (non-hydrogen) atoms. The van der Waals surface area contributed by atoms with Gasteiger partial charge in [-0.25, -0.2) is 4.98 Å². The summed E-state index contributed by atoms with van der Waals surface area (Å²) in [7, 11) is 0. The number of aromatic nitrogens is 1. The molecule has 0 aliphatic heterocycles. The quantitative estimate of drug-likeness (QED) is 0.905. The molecule has 2 rings (SSSR count). The zero-order chi connectivity index (χ0) is 9.26. The fourth-order valence-electron chi connectivity index (χ4n) is 1.20. The lowest BCUT2D eigenvalue weighted by Gasteiger charge is -2.00. The molecule has 1 unspecified atom stereocenters. The van der Waals surface area contributed by atoms with Crippen molar-refractivity contribution in [3.05, 3.63) is 29.3 Å². The number of thiazole rings is 1. The van der Waals surface area contributed by atoms with Crippen LogP contribution in [0.3, 0.4) is 0 Å². The van der Waals surface area contributed by atoms with Crippen LogP contribution in [0.1, 0.15) is 17.8 Å². The molecule has 2 aromatic rings. The van der Waals surface area contributed by atoms with Crippen molar-refractivity contribution in [3.63, 3.8) is 0 Å². The Morgan fingerprint density at radius 3 is 2.60 bits per heavy atom. The van der Waals surface area contributed by atoms with E-state index in [2.05, 4.69) is 18.0 Å². The molecule has 0 spiro atoms. The molecule has 5 heteroatoms. The largest absolute Gasteiger partial charge is 0.330 e. The monoisotopic (exact) mass is 264 g/mol. The topological polar surface area (TPSA) is 38.9 Å². The third-order valence-corrected chi connectivity index (χ3v) is 3.35. The van der Waals surface area contributed by atoms with Crippen molar-refractivity contribution < 1.29 is 0 Å². The van der Waals surface area contributed by atoms with Gasteiger partial charge in [-0.1, -0.05) is 19.1 Å². The molecule has 84 valence electrons. The third kappa shape index (κ3) is 3.05. The number of rotatable bonds is 2. The molecule has 1 aromatic carbocycles. The van der Waals surface area contributed by atoms with Crippen molar-refractivity contribution in [3.8, 4) is 0 Å². The third-order valence-electron chi connectivity index (χ3n) is 2.09. The van der Waals surface area contributed by atoms with Crippen molar-refractivity contribution in [2.75, 3.05) is 6.54 Å². The summed E-state index contributed by atoms with van der Waals surface area (Å²) in [5.74, 6) is 0.373. The van der Waals surface area contributed by atoms with Gasteiger partial charge < -0.3 is 5.73 Å². The molecule has 0 bridgehead atoms. The van der Waals surface area contributed by atoms with Gasteiger partial charge >= 0.3 is 0 Å². The number of nitrogens with zero attached hydrogens (tertiary/aromatic N) is 1. The van der Waals surface area contributed by atoms with Crippen LogP contribution in [0.2, 0.25) is 0 Å². The van der Waals surface area contributed by atoms with Gasteiger partial charge in [0.1, 0.15) is 0 Å². The molecule has 2 nitrogen and oxygen atoms in total. The Morgan fingerprint density at radius 1 is 1.33 bits per heavy atom. The number of benzene rings is 1. The fraction of sp³-hybridized carbons (Fsp3) is 0.300. The van der Waals surface area contributed by atoms with E-state index in [0.29, 0.717) is 12.5 Å². The van der Waals surface area contributed by atoms with E-state index in [9.17, 15) is 0 Å². The summed E-state index contributed by atoms with van der Waals surface area (Å²) in [4.78, 5) is 4.52. The van der Waals surface area contributed by atoms with Crippen LogP contribution >= 0.6 is 36.2 Å². The summed E-state index contributed by atoms with van der Waals surface area (Å²) in [6.07, 6.45) is 0. The van der Waals surface area contributed by atoms with E-state index in [4.69, 9.17) is 5.73 Å². The summed E-state index contributed by atoms with van der Waals surface area (Å²) in [5.41, 5.74) is 6.68. The van der Waals surface area contributed by atoms with Crippen LogP contribution in [0.5, 0.6) is 0 Å². The number of fused-ring (bicyclic) bond motifs is 1. The minimum Gasteiger partial charge on any atom is -0.330 e. The lowest BCUT2D eigenvalue weighted by molar-refractivity contribution is 0.768. The molecule has 0 aliphatic carbocycles. The maximum atomic E-state index is 5.59. The van der Waals surface area contributed by atoms with Crippen LogP contribution in [0.4, 0.5) is 0 Å². The van der Waals surface area contributed by atoms with Gasteiger partial charge in [-0.05, 0) is 12.1 Å². The zero-order valence-electron chi connectivity index (χ0n) is 8.34. The number of nitrogens with two attached hydrogens (primary N) is 1. The summed E-state index contributed by atoms with van der Waals surface area (Å²) in [6, 6.07) is 8.19. The van der Waals surface area contributed by atoms with Gasteiger partial charge in [0, 0.05) is 12.5 Å². The number of para-hydroxylation sites is 1. The second-order valence-electron chi connectivity index (χ2n) is 3.16. The van der Waals surface area contributed by atoms with E-state index in [1.165, 1.54) is 4.70 Å². The maximum absolute atomic E-state index is 5.59. The van der Waals surface area contributed by atoms with Crippen LogP contribution in [-0.4, -0.2) is 11.5 Å². The van der Waals surface area contributed by atoms with Gasteiger partial charge in [0.15, 0.2) is 0 Å². The van der Waals surface area contributed by atoms with E-state index in [1.54, 1.807) is 11.3 Å². The Morgan fingerprint density at radius 2 is 2.00 bits per heavy atom. The Hall–Kier alpha value is -0.350. The van der Waals surface area contributed by atoms with E-state index >= 15 is 0 Å². The minimum absolute atomic E-state index is 0. The fourth-order valence-corrected chi connectivity index (χ4v) is 2.23. The summed E-state index contributed by atoms with van der Waals surface area (Å²) < 4.78 is 1.25. The van der Waals surface area contributed by atoms with Crippen LogP contribution in [0.25, 0.3) is 10.2 Å². The second kappa shape index (κ2) is 6.28. The highest BCUT2D eigenvalue weighted by atomic mass is 35.5. The van der Waals surface area contributed by atoms with E-state index in [0.717, 1.165) is 10.5 Å². The van der Waals surface area contributed by atoms with Crippen molar-refractivity contribution >= 4 is 46.4 Å². The first kappa shape index (κ1) is 14.6. The van der Waals surface area contributed by atoms with Crippen LogP contribution < -0.4 is 5.73 Å². The van der Waals surface area contributed by atoms with Crippen molar-refractivity contribution in [2.45, 2.75) is 12.8 Å². The van der Waals surface area contributed by atoms with Crippen LogP contribution in [0.15, 0.2) is 24.3 Å². The molecule has 0 amide bonds. The van der Waals surface area contributed by atoms with Crippen molar-refractivity contribution in [1.29, 1.82) is 0 Å². The lowest BCUT2D eigenvalue weighted by Crippen LogP contribution is -2.08. The maximum Gasteiger partial charge on any atom is 0.0979 e. The summed E-state index contributed by atoms with van der Waals surface area (Å²) >= 11 is 1.74. The molecule has 0 aliphatic rings. The number of hydrogen-bond acceptors (Lipinski definition) is 3. The van der Waals surface area contributed by atoms with Gasteiger partial charge in [0.2, 0.25) is 0 Å². The summed E-state index contributed by atoms with van der Waals surface area (Å²) in [5, 5.41) is 1.14. The molecule has 1 aromatic heterocycles. The Kier molecular flexibility index (Phi) is 6.13. The highest BCUT2D eigenvalue weighted by Crippen LogP contribution is 2.26. The molecule has 2 N–H and O–H groups in total.